The van der Waals surface area contributed by atoms with Crippen LogP contribution >= 0.6 is 0 Å². The lowest BCUT2D eigenvalue weighted by atomic mass is 9.47. The van der Waals surface area contributed by atoms with E-state index in [1.165, 1.54) is 51.4 Å². The zero-order valence-electron chi connectivity index (χ0n) is 15.1. The molecule has 0 aromatic heterocycles. The fraction of sp³-hybridized carbons (Fsp3) is 0.857. The van der Waals surface area contributed by atoms with Crippen LogP contribution in [0.25, 0.3) is 0 Å². The molecule has 2 nitrogen and oxygen atoms in total. The van der Waals surface area contributed by atoms with Gasteiger partial charge in [-0.2, -0.15) is 0 Å². The molecule has 0 heterocycles. The van der Waals surface area contributed by atoms with Gasteiger partial charge in [-0.3, -0.25) is 4.79 Å². The molecule has 2 heteroatoms. The maximum Gasteiger partial charge on any atom is 0.309 e. The predicted molar refractivity (Wildman–Crippen MR) is 91.8 cm³/mol. The highest BCUT2D eigenvalue weighted by molar-refractivity contribution is 5.73. The van der Waals surface area contributed by atoms with Gasteiger partial charge in [0.25, 0.3) is 0 Å². The van der Waals surface area contributed by atoms with Gasteiger partial charge in [0.2, 0.25) is 0 Å². The van der Waals surface area contributed by atoms with Crippen molar-refractivity contribution in [3.8, 4) is 0 Å². The van der Waals surface area contributed by atoms with E-state index in [-0.39, 0.29) is 17.3 Å². The minimum atomic E-state index is 0.0497. The number of hydrogen-bond acceptors (Lipinski definition) is 2. The van der Waals surface area contributed by atoms with E-state index in [2.05, 4.69) is 19.9 Å². The number of allylic oxidation sites excluding steroid dienone is 2. The number of ether oxygens (including phenoxy) is 1. The summed E-state index contributed by atoms with van der Waals surface area (Å²) in [7, 11) is 1.56. The number of carbonyl (C=O) groups is 1. The molecule has 0 bridgehead atoms. The van der Waals surface area contributed by atoms with Gasteiger partial charge in [-0.15, -0.1) is 0 Å². The van der Waals surface area contributed by atoms with Crippen molar-refractivity contribution in [2.45, 2.75) is 71.6 Å². The van der Waals surface area contributed by atoms with Crippen LogP contribution in [-0.2, 0) is 9.53 Å². The van der Waals surface area contributed by atoms with Crippen LogP contribution < -0.4 is 0 Å². The minimum Gasteiger partial charge on any atom is -0.469 e. The molecule has 0 aliphatic heterocycles. The Morgan fingerprint density at radius 1 is 1.13 bits per heavy atom. The van der Waals surface area contributed by atoms with Gasteiger partial charge in [-0.25, -0.2) is 0 Å². The maximum absolute atomic E-state index is 12.3. The van der Waals surface area contributed by atoms with E-state index in [0.717, 1.165) is 24.2 Å². The second-order valence-electron chi connectivity index (χ2n) is 9.15. The molecule has 0 saturated heterocycles. The van der Waals surface area contributed by atoms with Gasteiger partial charge in [-0.05, 0) is 86.4 Å². The van der Waals surface area contributed by atoms with Gasteiger partial charge in [0.05, 0.1) is 13.0 Å². The number of fused-ring (bicyclic) bond motifs is 5. The van der Waals surface area contributed by atoms with Gasteiger partial charge in [0.15, 0.2) is 0 Å². The van der Waals surface area contributed by atoms with E-state index in [1.807, 2.05) is 0 Å². The number of rotatable bonds is 1. The smallest absolute Gasteiger partial charge is 0.309 e. The highest BCUT2D eigenvalue weighted by atomic mass is 16.5. The molecule has 3 saturated carbocycles. The van der Waals surface area contributed by atoms with Crippen molar-refractivity contribution < 1.29 is 9.53 Å². The molecule has 0 amide bonds. The first kappa shape index (κ1) is 15.7. The Kier molecular flexibility index (Phi) is 3.66. The predicted octanol–water partition coefficient (Wildman–Crippen LogP) is 5.13. The first-order valence-electron chi connectivity index (χ1n) is 9.78. The molecule has 0 aromatic rings. The Balaban J connectivity index is 1.64. The Morgan fingerprint density at radius 2 is 1.96 bits per heavy atom. The molecule has 3 fully saturated rings. The lowest BCUT2D eigenvalue weighted by molar-refractivity contribution is -0.152. The summed E-state index contributed by atoms with van der Waals surface area (Å²) in [5, 5.41) is 0. The van der Waals surface area contributed by atoms with E-state index < -0.39 is 0 Å². The average molecular weight is 316 g/mol. The zero-order valence-corrected chi connectivity index (χ0v) is 15.1. The van der Waals surface area contributed by atoms with Crippen LogP contribution in [0.15, 0.2) is 11.6 Å². The van der Waals surface area contributed by atoms with Gasteiger partial charge in [-0.1, -0.05) is 25.5 Å². The second kappa shape index (κ2) is 5.36. The minimum absolute atomic E-state index is 0.0497. The summed E-state index contributed by atoms with van der Waals surface area (Å²) in [6.07, 6.45) is 14.1. The van der Waals surface area contributed by atoms with E-state index in [9.17, 15) is 4.79 Å². The topological polar surface area (TPSA) is 26.3 Å². The van der Waals surface area contributed by atoms with Crippen LogP contribution in [0, 0.1) is 34.5 Å². The van der Waals surface area contributed by atoms with Gasteiger partial charge < -0.3 is 4.74 Å². The van der Waals surface area contributed by atoms with Crippen LogP contribution in [0.4, 0.5) is 0 Å². The van der Waals surface area contributed by atoms with Crippen LogP contribution in [-0.4, -0.2) is 13.1 Å². The monoisotopic (exact) mass is 316 g/mol. The Labute approximate surface area is 141 Å². The molecule has 0 N–H and O–H groups in total. The molecule has 1 unspecified atom stereocenters. The first-order chi connectivity index (χ1) is 11.0. The van der Waals surface area contributed by atoms with Crippen LogP contribution in [0.1, 0.15) is 71.6 Å². The van der Waals surface area contributed by atoms with Crippen molar-refractivity contribution in [1.82, 2.24) is 0 Å². The van der Waals surface area contributed by atoms with Crippen molar-refractivity contribution in [3.63, 3.8) is 0 Å². The maximum atomic E-state index is 12.3. The Bertz CT molecular complexity index is 536. The summed E-state index contributed by atoms with van der Waals surface area (Å²) in [6.45, 7) is 4.96. The SMILES string of the molecule is COC(=O)C1CC[C@H]2[C@@H]3CCC4=CCCC[C@]4(C)[C@@H]3CC[C@]12C. The molecular weight excluding hydrogens is 284 g/mol. The summed E-state index contributed by atoms with van der Waals surface area (Å²) in [5.41, 5.74) is 2.43. The standard InChI is InChI=1S/C21H32O2/c1-20-12-5-4-6-14(20)7-8-15-16-9-10-18(19(22)23-3)21(16,2)13-11-17(15)20/h6,15-18H,4-5,7-13H2,1-3H3/t15-,16-,17+,18?,20-,21-/m0/s1. The third kappa shape index (κ3) is 2.09. The molecule has 4 aliphatic rings. The van der Waals surface area contributed by atoms with Crippen molar-refractivity contribution in [2.75, 3.05) is 7.11 Å². The number of hydrogen-bond donors (Lipinski definition) is 0. The van der Waals surface area contributed by atoms with Crippen LogP contribution in [0.2, 0.25) is 0 Å². The second-order valence-corrected chi connectivity index (χ2v) is 9.15. The van der Waals surface area contributed by atoms with Crippen molar-refractivity contribution in [3.05, 3.63) is 11.6 Å². The quantitative estimate of drug-likeness (QED) is 0.495. The Morgan fingerprint density at radius 3 is 2.74 bits per heavy atom. The number of esters is 1. The fourth-order valence-electron chi connectivity index (χ4n) is 7.28. The van der Waals surface area contributed by atoms with Gasteiger partial charge in [0.1, 0.15) is 0 Å². The van der Waals surface area contributed by atoms with Gasteiger partial charge in [0, 0.05) is 0 Å². The highest BCUT2D eigenvalue weighted by Gasteiger charge is 2.60. The van der Waals surface area contributed by atoms with Crippen molar-refractivity contribution >= 4 is 5.97 Å². The van der Waals surface area contributed by atoms with Crippen molar-refractivity contribution in [2.24, 2.45) is 34.5 Å². The van der Waals surface area contributed by atoms with Gasteiger partial charge >= 0.3 is 5.97 Å². The lowest BCUT2D eigenvalue weighted by Crippen LogP contribution is -2.50. The third-order valence-electron chi connectivity index (χ3n) is 8.51. The van der Waals surface area contributed by atoms with Crippen LogP contribution in [0.3, 0.4) is 0 Å². The highest BCUT2D eigenvalue weighted by Crippen LogP contribution is 2.66. The van der Waals surface area contributed by atoms with Crippen LogP contribution in [0.5, 0.6) is 0 Å². The largest absolute Gasteiger partial charge is 0.469 e. The van der Waals surface area contributed by atoms with Crippen molar-refractivity contribution in [1.29, 1.82) is 0 Å². The molecule has 128 valence electrons. The normalized spacial score (nSPS) is 48.7. The molecule has 0 aromatic carbocycles. The molecule has 0 radical (unpaired) electrons. The summed E-state index contributed by atoms with van der Waals surface area (Å²) in [4.78, 5) is 12.3. The molecule has 4 rings (SSSR count). The number of methoxy groups -OCH3 is 1. The van der Waals surface area contributed by atoms with E-state index >= 15 is 0 Å². The average Bonchev–Trinajstić information content (AvgIpc) is 2.91. The summed E-state index contributed by atoms with van der Waals surface area (Å²) < 4.78 is 5.14. The third-order valence-corrected chi connectivity index (χ3v) is 8.51. The Hall–Kier alpha value is -0.790. The fourth-order valence-corrected chi connectivity index (χ4v) is 7.28. The lowest BCUT2D eigenvalue weighted by Gasteiger charge is -2.58. The first-order valence-corrected chi connectivity index (χ1v) is 9.78. The molecular formula is C21H32O2. The summed E-state index contributed by atoms with van der Waals surface area (Å²) in [6, 6.07) is 0. The zero-order chi connectivity index (χ0) is 16.2. The summed E-state index contributed by atoms with van der Waals surface area (Å²) in [5.74, 6) is 2.63. The van der Waals surface area contributed by atoms with E-state index in [4.69, 9.17) is 4.74 Å². The summed E-state index contributed by atoms with van der Waals surface area (Å²) >= 11 is 0. The molecule has 23 heavy (non-hydrogen) atoms. The molecule has 6 atom stereocenters. The molecule has 4 aliphatic carbocycles. The number of carbonyl (C=O) groups excluding carboxylic acids is 1. The van der Waals surface area contributed by atoms with E-state index in [0.29, 0.717) is 5.41 Å². The molecule has 0 spiro atoms. The van der Waals surface area contributed by atoms with E-state index in [1.54, 1.807) is 12.7 Å².